The summed E-state index contributed by atoms with van der Waals surface area (Å²) in [4.78, 5) is 18.0. The van der Waals surface area contributed by atoms with Gasteiger partial charge in [0, 0.05) is 22.2 Å². The van der Waals surface area contributed by atoms with E-state index < -0.39 is 0 Å². The van der Waals surface area contributed by atoms with E-state index in [9.17, 15) is 4.79 Å². The van der Waals surface area contributed by atoms with Crippen LogP contribution < -0.4 is 14.8 Å². The third-order valence-electron chi connectivity index (χ3n) is 4.86. The van der Waals surface area contributed by atoms with Gasteiger partial charge in [-0.2, -0.15) is 0 Å². The summed E-state index contributed by atoms with van der Waals surface area (Å²) in [6.45, 7) is 0. The molecule has 0 saturated heterocycles. The second-order valence-electron chi connectivity index (χ2n) is 6.45. The number of carbonyl (C=O) groups is 1. The largest absolute Gasteiger partial charge is 0.497 e. The molecule has 2 aromatic carbocycles. The topological polar surface area (TPSA) is 60.5 Å². The number of nitrogens with one attached hydrogen (secondary N) is 1. The Morgan fingerprint density at radius 3 is 2.74 bits per heavy atom. The summed E-state index contributed by atoms with van der Waals surface area (Å²) in [6.07, 6.45) is 2.72. The SMILES string of the molecule is COc1ccc(OC)c(NC(=O)c2c3c(nc4ccc(Cl)cc24)CCC3)c1. The van der Waals surface area contributed by atoms with Gasteiger partial charge in [0.15, 0.2) is 0 Å². The second kappa shape index (κ2) is 7.08. The van der Waals surface area contributed by atoms with Crippen molar-refractivity contribution in [3.63, 3.8) is 0 Å². The average Bonchev–Trinajstić information content (AvgIpc) is 3.13. The van der Waals surface area contributed by atoms with Crippen LogP contribution in [0.3, 0.4) is 0 Å². The van der Waals surface area contributed by atoms with Crippen molar-refractivity contribution in [1.82, 2.24) is 4.98 Å². The van der Waals surface area contributed by atoms with Crippen molar-refractivity contribution >= 4 is 34.1 Å². The number of pyridine rings is 1. The van der Waals surface area contributed by atoms with Crippen molar-refractivity contribution in [2.45, 2.75) is 19.3 Å². The van der Waals surface area contributed by atoms with Crippen LogP contribution in [0.4, 0.5) is 5.69 Å². The smallest absolute Gasteiger partial charge is 0.256 e. The fourth-order valence-corrected chi connectivity index (χ4v) is 3.76. The number of fused-ring (bicyclic) bond motifs is 2. The molecule has 0 radical (unpaired) electrons. The summed E-state index contributed by atoms with van der Waals surface area (Å²) in [7, 11) is 3.15. The summed E-state index contributed by atoms with van der Waals surface area (Å²) in [5.41, 5.74) is 3.97. The van der Waals surface area contributed by atoms with Crippen molar-refractivity contribution in [3.8, 4) is 11.5 Å². The van der Waals surface area contributed by atoms with Crippen LogP contribution in [0.5, 0.6) is 11.5 Å². The number of methoxy groups -OCH3 is 2. The zero-order valence-electron chi connectivity index (χ0n) is 15.1. The van der Waals surface area contributed by atoms with Crippen LogP contribution in [0.25, 0.3) is 10.9 Å². The number of hydrogen-bond acceptors (Lipinski definition) is 4. The monoisotopic (exact) mass is 382 g/mol. The van der Waals surface area contributed by atoms with Gasteiger partial charge >= 0.3 is 0 Å². The highest BCUT2D eigenvalue weighted by Gasteiger charge is 2.24. The van der Waals surface area contributed by atoms with E-state index in [-0.39, 0.29) is 5.91 Å². The maximum absolute atomic E-state index is 13.3. The molecule has 1 amide bonds. The van der Waals surface area contributed by atoms with Gasteiger partial charge in [-0.1, -0.05) is 11.6 Å². The second-order valence-corrected chi connectivity index (χ2v) is 6.88. The predicted molar refractivity (Wildman–Crippen MR) is 106 cm³/mol. The molecule has 5 nitrogen and oxygen atoms in total. The van der Waals surface area contributed by atoms with Gasteiger partial charge in [0.25, 0.3) is 5.91 Å². The van der Waals surface area contributed by atoms with Crippen LogP contribution in [-0.2, 0) is 12.8 Å². The molecule has 0 atom stereocenters. The van der Waals surface area contributed by atoms with Crippen LogP contribution in [0, 0.1) is 0 Å². The van der Waals surface area contributed by atoms with Crippen LogP contribution in [0.1, 0.15) is 28.0 Å². The number of benzene rings is 2. The number of hydrogen-bond donors (Lipinski definition) is 1. The number of ether oxygens (including phenoxy) is 2. The third-order valence-corrected chi connectivity index (χ3v) is 5.09. The summed E-state index contributed by atoms with van der Waals surface area (Å²) in [5, 5.41) is 4.32. The molecule has 1 aliphatic carbocycles. The molecule has 0 aliphatic heterocycles. The van der Waals surface area contributed by atoms with Crippen LogP contribution >= 0.6 is 11.6 Å². The van der Waals surface area contributed by atoms with E-state index >= 15 is 0 Å². The molecule has 6 heteroatoms. The van der Waals surface area contributed by atoms with Crippen molar-refractivity contribution in [2.75, 3.05) is 19.5 Å². The molecular weight excluding hydrogens is 364 g/mol. The standard InChI is InChI=1S/C21H19ClN2O3/c1-26-13-7-9-19(27-2)18(11-13)24-21(25)20-14-4-3-5-16(14)23-17-8-6-12(22)10-15(17)20/h6-11H,3-5H2,1-2H3,(H,24,25). The summed E-state index contributed by atoms with van der Waals surface area (Å²) < 4.78 is 10.6. The number of aryl methyl sites for hydroxylation is 1. The minimum absolute atomic E-state index is 0.200. The first kappa shape index (κ1) is 17.6. The molecule has 4 rings (SSSR count). The molecule has 0 unspecified atom stereocenters. The highest BCUT2D eigenvalue weighted by atomic mass is 35.5. The lowest BCUT2D eigenvalue weighted by Gasteiger charge is -2.15. The van der Waals surface area contributed by atoms with Crippen molar-refractivity contribution in [1.29, 1.82) is 0 Å². The number of amides is 1. The molecule has 3 aromatic rings. The number of nitrogens with zero attached hydrogens (tertiary/aromatic N) is 1. The van der Waals surface area contributed by atoms with Gasteiger partial charge in [-0.05, 0) is 55.2 Å². The van der Waals surface area contributed by atoms with Gasteiger partial charge < -0.3 is 14.8 Å². The first-order chi connectivity index (χ1) is 13.1. The van der Waals surface area contributed by atoms with Gasteiger partial charge in [-0.25, -0.2) is 0 Å². The maximum atomic E-state index is 13.3. The zero-order valence-corrected chi connectivity index (χ0v) is 15.9. The van der Waals surface area contributed by atoms with Crippen LogP contribution in [-0.4, -0.2) is 25.1 Å². The Balaban J connectivity index is 1.83. The lowest BCUT2D eigenvalue weighted by atomic mass is 10.0. The number of halogens is 1. The molecule has 1 heterocycles. The van der Waals surface area contributed by atoms with E-state index in [1.807, 2.05) is 6.07 Å². The van der Waals surface area contributed by atoms with Gasteiger partial charge in [-0.15, -0.1) is 0 Å². The van der Waals surface area contributed by atoms with Gasteiger partial charge in [0.1, 0.15) is 11.5 Å². The maximum Gasteiger partial charge on any atom is 0.256 e. The molecule has 0 saturated carbocycles. The van der Waals surface area contributed by atoms with E-state index in [2.05, 4.69) is 5.32 Å². The molecule has 27 heavy (non-hydrogen) atoms. The minimum Gasteiger partial charge on any atom is -0.497 e. The molecule has 0 bridgehead atoms. The van der Waals surface area contributed by atoms with Crippen molar-refractivity contribution in [2.24, 2.45) is 0 Å². The normalized spacial score (nSPS) is 12.7. The highest BCUT2D eigenvalue weighted by molar-refractivity contribution is 6.31. The highest BCUT2D eigenvalue weighted by Crippen LogP contribution is 2.34. The first-order valence-electron chi connectivity index (χ1n) is 8.75. The van der Waals surface area contributed by atoms with Crippen LogP contribution in [0.15, 0.2) is 36.4 Å². The van der Waals surface area contributed by atoms with E-state index in [1.165, 1.54) is 0 Å². The predicted octanol–water partition coefficient (Wildman–Crippen LogP) is 4.65. The number of anilines is 1. The lowest BCUT2D eigenvalue weighted by molar-refractivity contribution is 0.102. The zero-order chi connectivity index (χ0) is 19.0. The lowest BCUT2D eigenvalue weighted by Crippen LogP contribution is -2.16. The summed E-state index contributed by atoms with van der Waals surface area (Å²) >= 11 is 6.20. The Hall–Kier alpha value is -2.79. The van der Waals surface area contributed by atoms with Crippen molar-refractivity contribution in [3.05, 3.63) is 58.2 Å². The van der Waals surface area contributed by atoms with Gasteiger partial charge in [-0.3, -0.25) is 9.78 Å². The summed E-state index contributed by atoms with van der Waals surface area (Å²) in [6, 6.07) is 10.8. The molecule has 1 aromatic heterocycles. The fourth-order valence-electron chi connectivity index (χ4n) is 3.59. The Kier molecular flexibility index (Phi) is 4.62. The minimum atomic E-state index is -0.200. The van der Waals surface area contributed by atoms with E-state index in [1.54, 1.807) is 44.6 Å². The van der Waals surface area contributed by atoms with Gasteiger partial charge in [0.05, 0.1) is 31.0 Å². The Morgan fingerprint density at radius 1 is 1.11 bits per heavy atom. The Bertz CT molecular complexity index is 1050. The molecule has 0 fully saturated rings. The first-order valence-corrected chi connectivity index (χ1v) is 9.13. The van der Waals surface area contributed by atoms with Gasteiger partial charge in [0.2, 0.25) is 0 Å². The Labute approximate surface area is 162 Å². The molecule has 0 spiro atoms. The van der Waals surface area contributed by atoms with E-state index in [0.717, 1.165) is 41.4 Å². The third kappa shape index (κ3) is 3.19. The quantitative estimate of drug-likeness (QED) is 0.713. The molecule has 1 N–H and O–H groups in total. The van der Waals surface area contributed by atoms with Crippen molar-refractivity contribution < 1.29 is 14.3 Å². The average molecular weight is 383 g/mol. The van der Waals surface area contributed by atoms with Crippen LogP contribution in [0.2, 0.25) is 5.02 Å². The Morgan fingerprint density at radius 2 is 1.96 bits per heavy atom. The fraction of sp³-hybridized carbons (Fsp3) is 0.238. The van der Waals surface area contributed by atoms with E-state index in [0.29, 0.717) is 27.8 Å². The number of carbonyl (C=O) groups excluding carboxylic acids is 1. The number of aromatic nitrogens is 1. The molecule has 1 aliphatic rings. The molecule has 138 valence electrons. The summed E-state index contributed by atoms with van der Waals surface area (Å²) in [5.74, 6) is 1.01. The van der Waals surface area contributed by atoms with E-state index in [4.69, 9.17) is 26.1 Å². The number of rotatable bonds is 4. The molecular formula is C21H19ClN2O3.